The monoisotopic (exact) mass is 260 g/mol. The molecule has 1 fully saturated rings. The van der Waals surface area contributed by atoms with Gasteiger partial charge in [0.15, 0.2) is 11.7 Å². The summed E-state index contributed by atoms with van der Waals surface area (Å²) in [6, 6.07) is 5.39. The minimum atomic E-state index is -0.256. The van der Waals surface area contributed by atoms with Gasteiger partial charge in [-0.3, -0.25) is 0 Å². The maximum Gasteiger partial charge on any atom is 0.196 e. The topological polar surface area (TPSA) is 38.1 Å². The summed E-state index contributed by atoms with van der Waals surface area (Å²) in [5.74, 6) is 1.08. The van der Waals surface area contributed by atoms with Crippen molar-refractivity contribution in [1.82, 2.24) is 10.3 Å². The first-order valence-corrected chi connectivity index (χ1v) is 6.67. The number of benzene rings is 1. The molecular formula is C15H17FN2O. The molecule has 3 rings (SSSR count). The average molecular weight is 260 g/mol. The second kappa shape index (κ2) is 5.13. The minimum absolute atomic E-state index is 0.256. The first kappa shape index (κ1) is 12.4. The second-order valence-electron chi connectivity index (χ2n) is 5.06. The zero-order chi connectivity index (χ0) is 13.2. The lowest BCUT2D eigenvalue weighted by Gasteiger charge is -2.02. The van der Waals surface area contributed by atoms with Crippen LogP contribution in [-0.2, 0) is 6.42 Å². The maximum atomic E-state index is 13.3. The van der Waals surface area contributed by atoms with Crippen molar-refractivity contribution >= 4 is 0 Å². The number of nitrogens with one attached hydrogen (secondary N) is 1. The van der Waals surface area contributed by atoms with Crippen molar-refractivity contribution in [2.75, 3.05) is 6.54 Å². The van der Waals surface area contributed by atoms with Gasteiger partial charge >= 0.3 is 0 Å². The molecule has 100 valence electrons. The van der Waals surface area contributed by atoms with Crippen LogP contribution in [0.5, 0.6) is 0 Å². The van der Waals surface area contributed by atoms with Gasteiger partial charge in [0.2, 0.25) is 0 Å². The summed E-state index contributed by atoms with van der Waals surface area (Å²) >= 11 is 0. The van der Waals surface area contributed by atoms with Crippen molar-refractivity contribution in [3.63, 3.8) is 0 Å². The quantitative estimate of drug-likeness (QED) is 0.897. The number of nitrogens with zero attached hydrogens (tertiary/aromatic N) is 1. The first-order valence-electron chi connectivity index (χ1n) is 6.67. The van der Waals surface area contributed by atoms with Gasteiger partial charge in [-0.15, -0.1) is 0 Å². The summed E-state index contributed by atoms with van der Waals surface area (Å²) in [5.41, 5.74) is 1.76. The van der Waals surface area contributed by atoms with E-state index in [0.29, 0.717) is 17.7 Å². The van der Waals surface area contributed by atoms with Crippen LogP contribution in [0.4, 0.5) is 4.39 Å². The van der Waals surface area contributed by atoms with Gasteiger partial charge in [-0.05, 0) is 37.5 Å². The first-order chi connectivity index (χ1) is 9.22. The van der Waals surface area contributed by atoms with E-state index in [1.165, 1.54) is 25.0 Å². The molecule has 2 aromatic rings. The lowest BCUT2D eigenvalue weighted by Crippen LogP contribution is -2.19. The molecule has 0 saturated heterocycles. The number of aromatic nitrogens is 1. The summed E-state index contributed by atoms with van der Waals surface area (Å²) in [6.45, 7) is 2.82. The van der Waals surface area contributed by atoms with Crippen LogP contribution in [0, 0.1) is 12.7 Å². The van der Waals surface area contributed by atoms with Crippen molar-refractivity contribution in [1.29, 1.82) is 0 Å². The molecule has 0 amide bonds. The maximum absolute atomic E-state index is 13.3. The predicted octanol–water partition coefficient (Wildman–Crippen LogP) is 3.08. The smallest absolute Gasteiger partial charge is 0.196 e. The molecule has 1 aliphatic carbocycles. The fourth-order valence-electron chi connectivity index (χ4n) is 2.08. The van der Waals surface area contributed by atoms with E-state index in [-0.39, 0.29) is 5.82 Å². The summed E-state index contributed by atoms with van der Waals surface area (Å²) < 4.78 is 19.0. The van der Waals surface area contributed by atoms with Gasteiger partial charge in [-0.1, -0.05) is 6.07 Å². The molecule has 0 unspecified atom stereocenters. The molecule has 1 aromatic carbocycles. The fourth-order valence-corrected chi connectivity index (χ4v) is 2.08. The summed E-state index contributed by atoms with van der Waals surface area (Å²) in [6.07, 6.45) is 5.00. The number of hydrogen-bond acceptors (Lipinski definition) is 3. The summed E-state index contributed by atoms with van der Waals surface area (Å²) in [4.78, 5) is 4.25. The van der Waals surface area contributed by atoms with Crippen LogP contribution >= 0.6 is 0 Å². The fraction of sp³-hybridized carbons (Fsp3) is 0.400. The molecule has 1 heterocycles. The molecule has 1 aliphatic rings. The SMILES string of the molecule is Cc1ccc(F)cc1-c1cnc(CCNC2CC2)o1. The Labute approximate surface area is 111 Å². The van der Waals surface area contributed by atoms with Crippen LogP contribution in [0.25, 0.3) is 11.3 Å². The molecular weight excluding hydrogens is 243 g/mol. The number of aryl methyl sites for hydroxylation is 1. The molecule has 1 N–H and O–H groups in total. The Balaban J connectivity index is 1.70. The van der Waals surface area contributed by atoms with Gasteiger partial charge in [-0.2, -0.15) is 0 Å². The number of halogens is 1. The van der Waals surface area contributed by atoms with E-state index in [9.17, 15) is 4.39 Å². The van der Waals surface area contributed by atoms with Gasteiger partial charge in [-0.25, -0.2) is 9.37 Å². The van der Waals surface area contributed by atoms with E-state index < -0.39 is 0 Å². The van der Waals surface area contributed by atoms with Crippen LogP contribution in [0.2, 0.25) is 0 Å². The van der Waals surface area contributed by atoms with Gasteiger partial charge in [0.05, 0.1) is 6.20 Å². The number of rotatable bonds is 5. The van der Waals surface area contributed by atoms with Crippen molar-refractivity contribution < 1.29 is 8.81 Å². The number of hydrogen-bond donors (Lipinski definition) is 1. The third kappa shape index (κ3) is 3.01. The average Bonchev–Trinajstić information content (AvgIpc) is 3.10. The van der Waals surface area contributed by atoms with Crippen LogP contribution < -0.4 is 5.32 Å². The lowest BCUT2D eigenvalue weighted by atomic mass is 10.1. The highest BCUT2D eigenvalue weighted by Crippen LogP contribution is 2.25. The van der Waals surface area contributed by atoms with E-state index in [0.717, 1.165) is 24.1 Å². The Bertz CT molecular complexity index is 575. The Kier molecular flexibility index (Phi) is 3.34. The highest BCUT2D eigenvalue weighted by Gasteiger charge is 2.20. The van der Waals surface area contributed by atoms with Crippen LogP contribution in [0.15, 0.2) is 28.8 Å². The highest BCUT2D eigenvalue weighted by atomic mass is 19.1. The van der Waals surface area contributed by atoms with Gasteiger partial charge < -0.3 is 9.73 Å². The normalized spacial score (nSPS) is 14.8. The van der Waals surface area contributed by atoms with Crippen LogP contribution in [0.3, 0.4) is 0 Å². The molecule has 0 aliphatic heterocycles. The van der Waals surface area contributed by atoms with Gasteiger partial charge in [0, 0.05) is 24.6 Å². The lowest BCUT2D eigenvalue weighted by molar-refractivity contribution is 0.494. The predicted molar refractivity (Wildman–Crippen MR) is 71.4 cm³/mol. The van der Waals surface area contributed by atoms with E-state index in [4.69, 9.17) is 4.42 Å². The van der Waals surface area contributed by atoms with Gasteiger partial charge in [0.25, 0.3) is 0 Å². The van der Waals surface area contributed by atoms with Crippen LogP contribution in [-0.4, -0.2) is 17.6 Å². The largest absolute Gasteiger partial charge is 0.441 e. The Hall–Kier alpha value is -1.68. The van der Waals surface area contributed by atoms with E-state index in [1.807, 2.05) is 6.92 Å². The van der Waals surface area contributed by atoms with Crippen molar-refractivity contribution in [2.45, 2.75) is 32.2 Å². The van der Waals surface area contributed by atoms with E-state index in [2.05, 4.69) is 10.3 Å². The van der Waals surface area contributed by atoms with E-state index in [1.54, 1.807) is 12.3 Å². The Morgan fingerprint density at radius 1 is 1.42 bits per heavy atom. The summed E-state index contributed by atoms with van der Waals surface area (Å²) in [7, 11) is 0. The second-order valence-corrected chi connectivity index (χ2v) is 5.06. The molecule has 19 heavy (non-hydrogen) atoms. The molecule has 0 bridgehead atoms. The minimum Gasteiger partial charge on any atom is -0.441 e. The molecule has 4 heteroatoms. The van der Waals surface area contributed by atoms with Crippen molar-refractivity contribution in [3.8, 4) is 11.3 Å². The Morgan fingerprint density at radius 3 is 3.05 bits per heavy atom. The summed E-state index contributed by atoms with van der Waals surface area (Å²) in [5, 5.41) is 3.41. The molecule has 1 saturated carbocycles. The standard InChI is InChI=1S/C15H17FN2O/c1-10-2-3-11(16)8-13(10)14-9-18-15(19-14)6-7-17-12-4-5-12/h2-3,8-9,12,17H,4-7H2,1H3. The van der Waals surface area contributed by atoms with Crippen LogP contribution in [0.1, 0.15) is 24.3 Å². The molecule has 0 spiro atoms. The molecule has 0 radical (unpaired) electrons. The highest BCUT2D eigenvalue weighted by molar-refractivity contribution is 5.61. The third-order valence-electron chi connectivity index (χ3n) is 3.37. The molecule has 1 aromatic heterocycles. The zero-order valence-electron chi connectivity index (χ0n) is 10.9. The van der Waals surface area contributed by atoms with E-state index >= 15 is 0 Å². The van der Waals surface area contributed by atoms with Gasteiger partial charge in [0.1, 0.15) is 5.82 Å². The number of oxazole rings is 1. The zero-order valence-corrected chi connectivity index (χ0v) is 10.9. The molecule has 0 atom stereocenters. The third-order valence-corrected chi connectivity index (χ3v) is 3.37. The Morgan fingerprint density at radius 2 is 2.26 bits per heavy atom. The van der Waals surface area contributed by atoms with Crippen molar-refractivity contribution in [3.05, 3.63) is 41.7 Å². The molecule has 3 nitrogen and oxygen atoms in total. The van der Waals surface area contributed by atoms with Crippen molar-refractivity contribution in [2.24, 2.45) is 0 Å².